The Labute approximate surface area is 313 Å². The predicted molar refractivity (Wildman–Crippen MR) is 203 cm³/mol. The molecule has 2 aliphatic heterocycles. The van der Waals surface area contributed by atoms with Crippen LogP contribution in [0.5, 0.6) is 0 Å². The highest BCUT2D eigenvalue weighted by atomic mass is 16.5. The van der Waals surface area contributed by atoms with E-state index in [0.29, 0.717) is 56.7 Å². The van der Waals surface area contributed by atoms with Gasteiger partial charge in [-0.1, -0.05) is 74.0 Å². The molecule has 3 heterocycles. The van der Waals surface area contributed by atoms with Gasteiger partial charge in [0, 0.05) is 29.5 Å². The number of anilines is 1. The first-order valence-corrected chi connectivity index (χ1v) is 20.5. The van der Waals surface area contributed by atoms with Crippen LogP contribution >= 0.6 is 0 Å². The van der Waals surface area contributed by atoms with Gasteiger partial charge in [0.2, 0.25) is 5.95 Å². The first-order chi connectivity index (χ1) is 24.4. The summed E-state index contributed by atoms with van der Waals surface area (Å²) in [5.74, 6) is 1.52. The van der Waals surface area contributed by atoms with Gasteiger partial charge < -0.3 is 30.0 Å². The zero-order valence-corrected chi connectivity index (χ0v) is 33.9. The molecular weight excluding hydrogens is 654 g/mol. The van der Waals surface area contributed by atoms with Crippen LogP contribution in [0, 0.1) is 62.6 Å². The molecule has 2 saturated heterocycles. The fraction of sp³-hybridized carbons (Fsp3) is 0.881. The van der Waals surface area contributed by atoms with Gasteiger partial charge in [0.25, 0.3) is 0 Å². The third-order valence-electron chi connectivity index (χ3n) is 17.1. The van der Waals surface area contributed by atoms with E-state index in [1.165, 1.54) is 5.57 Å². The number of hydrogen-bond acceptors (Lipinski definition) is 8. The Bertz CT molecular complexity index is 1540. The lowest BCUT2D eigenvalue weighted by Gasteiger charge is -2.71. The predicted octanol–water partition coefficient (Wildman–Crippen LogP) is 7.00. The van der Waals surface area contributed by atoms with Crippen molar-refractivity contribution in [2.75, 3.05) is 51.0 Å². The fourth-order valence-corrected chi connectivity index (χ4v) is 13.0. The van der Waals surface area contributed by atoms with Crippen LogP contribution in [-0.2, 0) is 19.0 Å². The van der Waals surface area contributed by atoms with E-state index in [9.17, 15) is 9.90 Å². The Hall–Kier alpha value is -2.01. The van der Waals surface area contributed by atoms with E-state index in [0.717, 1.165) is 57.6 Å². The number of hydrogen-bond donors (Lipinski definition) is 2. The number of fused-ring (bicyclic) bond motifs is 3. The maximum absolute atomic E-state index is 13.6. The summed E-state index contributed by atoms with van der Waals surface area (Å²) in [6.07, 6.45) is 9.85. The molecule has 6 aliphatic rings. The van der Waals surface area contributed by atoms with Crippen molar-refractivity contribution in [3.8, 4) is 0 Å². The quantitative estimate of drug-likeness (QED) is 0.259. The number of morpholine rings is 1. The monoisotopic (exact) mass is 724 g/mol. The first kappa shape index (κ1) is 38.3. The molecule has 292 valence electrons. The van der Waals surface area contributed by atoms with Crippen LogP contribution in [0.2, 0.25) is 0 Å². The summed E-state index contributed by atoms with van der Waals surface area (Å²) in [5.41, 5.74) is 6.69. The van der Waals surface area contributed by atoms with Crippen molar-refractivity contribution in [3.63, 3.8) is 0 Å². The molecule has 10 heteroatoms. The smallest absolute Gasteiger partial charge is 0.307 e. The van der Waals surface area contributed by atoms with E-state index in [4.69, 9.17) is 30.0 Å². The second kappa shape index (κ2) is 13.0. The summed E-state index contributed by atoms with van der Waals surface area (Å²) in [4.78, 5) is 20.7. The molecule has 0 unspecified atom stereocenters. The maximum atomic E-state index is 13.6. The molecule has 12 atom stereocenters. The topological polar surface area (TPSA) is 125 Å². The Morgan fingerprint density at radius 2 is 1.77 bits per heavy atom. The molecule has 0 aromatic carbocycles. The van der Waals surface area contributed by atoms with Crippen LogP contribution in [0.4, 0.5) is 5.95 Å². The molecule has 10 nitrogen and oxygen atoms in total. The van der Waals surface area contributed by atoms with Gasteiger partial charge in [-0.15, -0.1) is 0 Å². The van der Waals surface area contributed by atoms with Gasteiger partial charge in [0.15, 0.2) is 0 Å². The van der Waals surface area contributed by atoms with Crippen molar-refractivity contribution < 1.29 is 24.1 Å². The zero-order valence-electron chi connectivity index (χ0n) is 33.9. The van der Waals surface area contributed by atoms with Crippen LogP contribution in [0.1, 0.15) is 114 Å². The third kappa shape index (κ3) is 5.41. The highest BCUT2D eigenvalue weighted by molar-refractivity contribution is 5.73. The van der Waals surface area contributed by atoms with E-state index in [1.807, 2.05) is 0 Å². The summed E-state index contributed by atoms with van der Waals surface area (Å²) in [5, 5.41) is 16.1. The fourth-order valence-electron chi connectivity index (χ4n) is 13.0. The standard InChI is InChI=1S/C42H69N5O5/c1-26(2)28(5)37(6)15-16-39(8)29-11-12-32-38(7)22-51-24-42(32,30(29)13-14-40(39,9)33(37)35(48)49)21-31(34(38)52-23-41(10,43)27(3)4)47-36(44-25-45-47)46-17-19-50-20-18-46/h13,25-29,31-34H,11-12,14-24,43H2,1-10H3,(H,48,49)/t28-,29+,31-,32+,33-,34+,37-,38-,39-,40+,41+,42+/m1/s1. The molecule has 1 aromatic heterocycles. The number of nitrogens with zero attached hydrogens (tertiary/aromatic N) is 4. The van der Waals surface area contributed by atoms with Crippen molar-refractivity contribution in [2.45, 2.75) is 125 Å². The number of allylic oxidation sites excluding steroid dienone is 1. The largest absolute Gasteiger partial charge is 0.481 e. The van der Waals surface area contributed by atoms with E-state index in [2.05, 4.69) is 84.9 Å². The summed E-state index contributed by atoms with van der Waals surface area (Å²) < 4.78 is 21.9. The summed E-state index contributed by atoms with van der Waals surface area (Å²) in [6.45, 7) is 27.4. The lowest BCUT2D eigenvalue weighted by atomic mass is 9.34. The number of rotatable bonds is 9. The molecule has 0 radical (unpaired) electrons. The number of carboxylic acid groups (broad SMARTS) is 1. The Kier molecular flexibility index (Phi) is 9.60. The van der Waals surface area contributed by atoms with Crippen molar-refractivity contribution in [1.82, 2.24) is 14.8 Å². The second-order valence-corrected chi connectivity index (χ2v) is 20.1. The van der Waals surface area contributed by atoms with Crippen molar-refractivity contribution in [1.29, 1.82) is 0 Å². The SMILES string of the molecule is CC(C)[C@@H](C)[C@@]1(C)CC[C@]2(C)[C@H]3CC[C@@H]4[C@@]5(COC[C@@]4(C)[C@@H](OC[C@](C)(N)C(C)C)[C@H](n4ncnc4N4CCOCC4)C5)C3=CC[C@@]2(C)[C@@H]1C(=O)O. The molecular formula is C42H69N5O5. The molecule has 4 aliphatic carbocycles. The number of nitrogens with two attached hydrogens (primary N) is 1. The number of aromatic nitrogens is 3. The molecule has 3 N–H and O–H groups in total. The molecule has 2 bridgehead atoms. The minimum absolute atomic E-state index is 0.0671. The number of aliphatic carboxylic acids is 1. The highest BCUT2D eigenvalue weighted by Gasteiger charge is 2.72. The first-order valence-electron chi connectivity index (χ1n) is 20.5. The number of carboxylic acids is 1. The molecule has 0 spiro atoms. The van der Waals surface area contributed by atoms with Gasteiger partial charge in [0.1, 0.15) is 6.33 Å². The average Bonchev–Trinajstić information content (AvgIpc) is 3.58. The van der Waals surface area contributed by atoms with Crippen LogP contribution in [0.25, 0.3) is 0 Å². The Morgan fingerprint density at radius 1 is 1.06 bits per heavy atom. The molecule has 1 aromatic rings. The van der Waals surface area contributed by atoms with Gasteiger partial charge in [-0.3, -0.25) is 4.79 Å². The van der Waals surface area contributed by atoms with Crippen molar-refractivity contribution in [2.24, 2.45) is 68.3 Å². The lowest BCUT2D eigenvalue weighted by Crippen LogP contribution is -2.69. The third-order valence-corrected chi connectivity index (χ3v) is 17.1. The van der Waals surface area contributed by atoms with Crippen LogP contribution in [-0.4, -0.2) is 83.6 Å². The Balaban J connectivity index is 1.33. The second-order valence-electron chi connectivity index (χ2n) is 20.1. The zero-order chi connectivity index (χ0) is 37.6. The molecule has 3 saturated carbocycles. The molecule has 52 heavy (non-hydrogen) atoms. The summed E-state index contributed by atoms with van der Waals surface area (Å²) >= 11 is 0. The number of ether oxygens (including phenoxy) is 3. The van der Waals surface area contributed by atoms with Crippen molar-refractivity contribution >= 4 is 11.9 Å². The van der Waals surface area contributed by atoms with E-state index in [-0.39, 0.29) is 45.1 Å². The summed E-state index contributed by atoms with van der Waals surface area (Å²) in [7, 11) is 0. The van der Waals surface area contributed by atoms with Crippen LogP contribution < -0.4 is 10.6 Å². The van der Waals surface area contributed by atoms with Gasteiger partial charge in [-0.25, -0.2) is 4.68 Å². The minimum atomic E-state index is -0.617. The maximum Gasteiger partial charge on any atom is 0.307 e. The molecule has 0 amide bonds. The van der Waals surface area contributed by atoms with Crippen LogP contribution in [0.3, 0.4) is 0 Å². The minimum Gasteiger partial charge on any atom is -0.481 e. The highest BCUT2D eigenvalue weighted by Crippen LogP contribution is 2.75. The molecule has 5 fully saturated rings. The van der Waals surface area contributed by atoms with Crippen LogP contribution in [0.15, 0.2) is 18.0 Å². The van der Waals surface area contributed by atoms with Crippen molar-refractivity contribution in [3.05, 3.63) is 18.0 Å². The van der Waals surface area contributed by atoms with E-state index in [1.54, 1.807) is 6.33 Å². The van der Waals surface area contributed by atoms with E-state index >= 15 is 0 Å². The number of carbonyl (C=O) groups is 1. The summed E-state index contributed by atoms with van der Waals surface area (Å²) in [6, 6.07) is -0.0671. The molecule has 7 rings (SSSR count). The van der Waals surface area contributed by atoms with Gasteiger partial charge in [0.05, 0.1) is 51.1 Å². The average molecular weight is 724 g/mol. The van der Waals surface area contributed by atoms with Gasteiger partial charge in [-0.2, -0.15) is 10.1 Å². The van der Waals surface area contributed by atoms with E-state index < -0.39 is 17.4 Å². The normalized spacial score (nSPS) is 43.6. The van der Waals surface area contributed by atoms with Gasteiger partial charge >= 0.3 is 5.97 Å². The lowest BCUT2D eigenvalue weighted by molar-refractivity contribution is -0.252. The van der Waals surface area contributed by atoms with Gasteiger partial charge in [-0.05, 0) is 91.3 Å². The Morgan fingerprint density at radius 3 is 2.42 bits per heavy atom.